The molecule has 2 aromatic carbocycles. The van der Waals surface area contributed by atoms with Crippen molar-refractivity contribution in [1.29, 1.82) is 0 Å². The molecule has 6 rings (SSSR count). The summed E-state index contributed by atoms with van der Waals surface area (Å²) in [6.07, 6.45) is 1.94. The number of Topliss-reactive ketones (excluding diaryl/α,β-unsaturated/α-hetero) is 2. The van der Waals surface area contributed by atoms with E-state index in [0.29, 0.717) is 44.6 Å². The van der Waals surface area contributed by atoms with Gasteiger partial charge in [0.1, 0.15) is 28.2 Å². The van der Waals surface area contributed by atoms with Crippen LogP contribution >= 0.6 is 34.8 Å². The molecule has 0 fully saturated rings. The van der Waals surface area contributed by atoms with Crippen LogP contribution in [-0.2, 0) is 41.8 Å². The Morgan fingerprint density at radius 1 is 0.806 bits per heavy atom. The zero-order chi connectivity index (χ0) is 45.2. The van der Waals surface area contributed by atoms with E-state index >= 15 is 0 Å². The Hall–Kier alpha value is -3.42. The van der Waals surface area contributed by atoms with Crippen LogP contribution in [0.3, 0.4) is 0 Å². The van der Waals surface area contributed by atoms with Gasteiger partial charge in [-0.3, -0.25) is 4.79 Å². The number of benzene rings is 2. The van der Waals surface area contributed by atoms with E-state index in [1.807, 2.05) is 13.8 Å². The van der Waals surface area contributed by atoms with Crippen molar-refractivity contribution >= 4 is 89.4 Å². The van der Waals surface area contributed by atoms with Gasteiger partial charge in [-0.05, 0) is 110 Å². The molecule has 0 bridgehead atoms. The molecule has 17 nitrogen and oxygen atoms in total. The second kappa shape index (κ2) is 27.7. The molecule has 2 aliphatic heterocycles. The number of hydrogen-bond acceptors (Lipinski definition) is 15. The fraction of sp³-hybridized carbons (Fsp3) is 0.308. The predicted molar refractivity (Wildman–Crippen MR) is 223 cm³/mol. The zero-order valence-corrected chi connectivity index (χ0v) is 42.7. The third-order valence-corrected chi connectivity index (χ3v) is 9.22. The second-order valence-corrected chi connectivity index (χ2v) is 14.2. The number of phenols is 1. The third-order valence-electron chi connectivity index (χ3n) is 8.28. The number of nitrogens with zero attached hydrogens (tertiary/aromatic N) is 4. The Morgan fingerprint density at radius 3 is 1.76 bits per heavy atom. The number of phenolic OH excluding ortho intramolecular Hbond substituents is 1. The first kappa shape index (κ1) is 54.7. The van der Waals surface area contributed by atoms with Crippen molar-refractivity contribution < 1.29 is 132 Å². The standard InChI is InChI=1S/C19H18BClN2O5.C11H10Cl2N2O2.C8H9BO3.CH2O3.Cs/c1-11-7-14(8-13-10-27-20(25)17(11)13)28-18-15(21)9-16(22-3)19(23-18)26-6-4-5-12(2)24;1-7(16)4-3-5-17-11-9(14-2)6-8(12)10(13)15-11;1-5-2-7(10)3-6-4-12-9(11)8(5)6;2-1-4-3;/h7-9,25H,4-6,10H2,1-2H3;6H,3-5H2,1H3;2-3,10-11H,4H2,1H3;1,3H;/q;;;;+1/p-1. The first-order chi connectivity index (χ1) is 29.0. The molecule has 0 saturated carbocycles. The van der Waals surface area contributed by atoms with E-state index in [1.165, 1.54) is 26.0 Å². The van der Waals surface area contributed by atoms with Gasteiger partial charge in [-0.15, -0.1) is 0 Å². The first-order valence-electron chi connectivity index (χ1n) is 18.0. The van der Waals surface area contributed by atoms with Crippen LogP contribution in [0, 0.1) is 27.0 Å². The fourth-order valence-electron chi connectivity index (χ4n) is 5.62. The van der Waals surface area contributed by atoms with Crippen LogP contribution < -0.4 is 99.3 Å². The van der Waals surface area contributed by atoms with Crippen molar-refractivity contribution in [2.75, 3.05) is 13.2 Å². The van der Waals surface area contributed by atoms with Crippen molar-refractivity contribution in [1.82, 2.24) is 9.97 Å². The van der Waals surface area contributed by atoms with E-state index in [1.54, 1.807) is 24.3 Å². The minimum Gasteiger partial charge on any atom is -0.662 e. The Kier molecular flexibility index (Phi) is 24.4. The summed E-state index contributed by atoms with van der Waals surface area (Å²) >= 11 is 17.7. The summed E-state index contributed by atoms with van der Waals surface area (Å²) < 4.78 is 26.9. The monoisotopic (exact) mass is 1030 g/mol. The number of aromatic hydroxyl groups is 1. The van der Waals surface area contributed by atoms with E-state index in [2.05, 4.69) is 24.5 Å². The van der Waals surface area contributed by atoms with Gasteiger partial charge in [-0.25, -0.2) is 14.7 Å². The van der Waals surface area contributed by atoms with E-state index in [9.17, 15) is 24.7 Å². The molecule has 0 radical (unpaired) electrons. The molecule has 62 heavy (non-hydrogen) atoms. The van der Waals surface area contributed by atoms with E-state index in [-0.39, 0.29) is 150 Å². The number of fused-ring (bicyclic) bond motifs is 2. The van der Waals surface area contributed by atoms with Crippen molar-refractivity contribution in [3.8, 4) is 29.1 Å². The molecule has 4 heterocycles. The van der Waals surface area contributed by atoms with Crippen LogP contribution in [0.5, 0.6) is 29.1 Å². The van der Waals surface area contributed by atoms with Crippen molar-refractivity contribution in [2.24, 2.45) is 0 Å². The normalized spacial score (nSPS) is 11.5. The van der Waals surface area contributed by atoms with Gasteiger partial charge in [0.25, 0.3) is 6.47 Å². The summed E-state index contributed by atoms with van der Waals surface area (Å²) in [5.74, 6) is 1.25. The molecule has 0 atom stereocenters. The van der Waals surface area contributed by atoms with Gasteiger partial charge in [0.2, 0.25) is 29.0 Å². The van der Waals surface area contributed by atoms with Crippen molar-refractivity contribution in [2.45, 2.75) is 66.6 Å². The number of hydrogen-bond donors (Lipinski definition) is 3. The number of carbonyl (C=O) groups is 3. The van der Waals surface area contributed by atoms with E-state index in [4.69, 9.17) is 81.5 Å². The summed E-state index contributed by atoms with van der Waals surface area (Å²) in [5.41, 5.74) is 5.32. The van der Waals surface area contributed by atoms with Crippen molar-refractivity contribution in [3.05, 3.63) is 96.7 Å². The number of rotatable bonds is 13. The molecule has 0 amide bonds. The largest absolute Gasteiger partial charge is 1.00 e. The Bertz CT molecular complexity index is 2300. The molecule has 0 unspecified atom stereocenters. The van der Waals surface area contributed by atoms with Gasteiger partial charge in [-0.1, -0.05) is 34.8 Å². The van der Waals surface area contributed by atoms with Crippen LogP contribution in [0.25, 0.3) is 9.69 Å². The van der Waals surface area contributed by atoms with E-state index < -0.39 is 14.2 Å². The quantitative estimate of drug-likeness (QED) is 0.0333. The maximum atomic E-state index is 11.0. The maximum absolute atomic E-state index is 11.0. The number of aryl methyl sites for hydroxylation is 2. The summed E-state index contributed by atoms with van der Waals surface area (Å²) in [4.78, 5) is 47.7. The number of ether oxygens (including phenoxy) is 3. The molecular formula is C39H38B2Cl3CsN4O13. The maximum Gasteiger partial charge on any atom is 1.00 e. The predicted octanol–water partition coefficient (Wildman–Crippen LogP) is 2.40. The molecule has 320 valence electrons. The number of ketones is 2. The average Bonchev–Trinajstić information content (AvgIpc) is 3.79. The van der Waals surface area contributed by atoms with Gasteiger partial charge in [0.05, 0.1) is 49.6 Å². The van der Waals surface area contributed by atoms with Gasteiger partial charge in [0.15, 0.2) is 0 Å². The van der Waals surface area contributed by atoms with Crippen LogP contribution in [0.4, 0.5) is 11.4 Å². The molecule has 0 saturated heterocycles. The van der Waals surface area contributed by atoms with Crippen LogP contribution in [0.2, 0.25) is 15.2 Å². The average molecular weight is 1030 g/mol. The summed E-state index contributed by atoms with van der Waals surface area (Å²) in [6, 6.07) is 9.60. The molecule has 2 aromatic heterocycles. The molecule has 0 spiro atoms. The smallest absolute Gasteiger partial charge is 0.662 e. The molecule has 0 aliphatic carbocycles. The summed E-state index contributed by atoms with van der Waals surface area (Å²) in [6.45, 7) is 22.0. The Labute approximate surface area is 432 Å². The van der Waals surface area contributed by atoms with E-state index in [0.717, 1.165) is 33.2 Å². The number of carbonyl (C=O) groups excluding carboxylic acids is 3. The molecular weight excluding hydrogens is 993 g/mol. The SMILES string of the molecule is Cc1cc(O)cc2c1B(O)OC2.O=CO[O-].[C-]#[N+]c1cc(Cl)c(Cl)nc1OCCCC(C)=O.[C-]#[N+]c1cc(Cl)c(Oc2cc(C)c3c(c2)COB3O)nc1OCCCC(C)=O.[Cs+]. The van der Waals surface area contributed by atoms with Gasteiger partial charge in [0, 0.05) is 12.8 Å². The molecule has 2 aliphatic rings. The van der Waals surface area contributed by atoms with Gasteiger partial charge in [-0.2, -0.15) is 4.98 Å². The van der Waals surface area contributed by atoms with Gasteiger partial charge < -0.3 is 58.4 Å². The minimum absolute atomic E-state index is 0. The fourth-order valence-corrected chi connectivity index (χ4v) is 6.08. The number of halogens is 3. The first-order valence-corrected chi connectivity index (χ1v) is 19.2. The van der Waals surface area contributed by atoms with Crippen LogP contribution in [0.1, 0.15) is 61.8 Å². The van der Waals surface area contributed by atoms with Gasteiger partial charge >= 0.3 is 83.1 Å². The number of aromatic nitrogens is 2. The van der Waals surface area contributed by atoms with Crippen LogP contribution in [0.15, 0.2) is 36.4 Å². The van der Waals surface area contributed by atoms with Crippen LogP contribution in [-0.4, -0.2) is 70.6 Å². The topological polar surface area (TPSA) is 225 Å². The summed E-state index contributed by atoms with van der Waals surface area (Å²) in [7, 11) is -1.75. The summed E-state index contributed by atoms with van der Waals surface area (Å²) in [5, 5.41) is 37.4. The number of pyridine rings is 2. The Morgan fingerprint density at radius 2 is 1.27 bits per heavy atom. The molecule has 3 N–H and O–H groups in total. The second-order valence-electron chi connectivity index (χ2n) is 13.0. The Balaban J connectivity index is 0.000000330. The zero-order valence-electron chi connectivity index (χ0n) is 34.2. The van der Waals surface area contributed by atoms with Crippen molar-refractivity contribution in [3.63, 3.8) is 0 Å². The third kappa shape index (κ3) is 16.9. The molecule has 4 aromatic rings. The minimum atomic E-state index is -0.932. The molecule has 23 heteroatoms.